The summed E-state index contributed by atoms with van der Waals surface area (Å²) in [7, 11) is 2.04. The molecule has 4 nitrogen and oxygen atoms in total. The molecule has 0 saturated heterocycles. The van der Waals surface area contributed by atoms with Gasteiger partial charge < -0.3 is 9.64 Å². The van der Waals surface area contributed by atoms with Gasteiger partial charge in [-0.05, 0) is 47.4 Å². The Morgan fingerprint density at radius 3 is 1.89 bits per heavy atom. The molecular weight excluding hydrogens is 514 g/mol. The highest BCUT2D eigenvalue weighted by atomic mass is 79.9. The van der Waals surface area contributed by atoms with Crippen molar-refractivity contribution < 1.29 is 14.3 Å². The van der Waals surface area contributed by atoms with Crippen LogP contribution < -0.4 is 4.74 Å². The fraction of sp³-hybridized carbons (Fsp3) is 0.419. The van der Waals surface area contributed by atoms with Gasteiger partial charge in [-0.15, -0.1) is 0 Å². The van der Waals surface area contributed by atoms with Crippen LogP contribution >= 0.6 is 15.9 Å². The van der Waals surface area contributed by atoms with Crippen LogP contribution in [0, 0.1) is 10.8 Å². The summed E-state index contributed by atoms with van der Waals surface area (Å²) in [4.78, 5) is 29.4. The summed E-state index contributed by atoms with van der Waals surface area (Å²) in [5.74, 6) is 0.779. The van der Waals surface area contributed by atoms with Gasteiger partial charge in [0, 0.05) is 58.4 Å². The summed E-state index contributed by atoms with van der Waals surface area (Å²) in [5, 5.41) is 0. The minimum Gasteiger partial charge on any atom is -0.489 e. The average Bonchev–Trinajstić information content (AvgIpc) is 2.79. The third kappa shape index (κ3) is 4.58. The number of carbonyl (C=O) groups excluding carboxylic acids is 2. The number of hydrogen-bond acceptors (Lipinski definition) is 4. The van der Waals surface area contributed by atoms with E-state index in [-0.39, 0.29) is 28.3 Å². The lowest BCUT2D eigenvalue weighted by molar-refractivity contribution is -0.119. The Bertz CT molecular complexity index is 1250. The van der Waals surface area contributed by atoms with E-state index < -0.39 is 0 Å². The zero-order valence-corrected chi connectivity index (χ0v) is 23.4. The zero-order valence-electron chi connectivity index (χ0n) is 21.8. The quantitative estimate of drug-likeness (QED) is 0.401. The number of allylic oxidation sites excluding steroid dienone is 4. The van der Waals surface area contributed by atoms with Crippen LogP contribution in [0.15, 0.2) is 75.5 Å². The predicted molar refractivity (Wildman–Crippen MR) is 146 cm³/mol. The van der Waals surface area contributed by atoms with Crippen molar-refractivity contribution in [2.24, 2.45) is 10.8 Å². The van der Waals surface area contributed by atoms with E-state index in [0.29, 0.717) is 19.4 Å². The highest BCUT2D eigenvalue weighted by molar-refractivity contribution is 9.10. The smallest absolute Gasteiger partial charge is 0.162 e. The van der Waals surface area contributed by atoms with E-state index in [2.05, 4.69) is 48.5 Å². The molecule has 0 bridgehead atoms. The minimum absolute atomic E-state index is 0.0929. The largest absolute Gasteiger partial charge is 0.489 e. The van der Waals surface area contributed by atoms with Crippen LogP contribution in [0.5, 0.6) is 5.75 Å². The van der Waals surface area contributed by atoms with Gasteiger partial charge in [0.15, 0.2) is 11.6 Å². The molecule has 0 saturated carbocycles. The number of ether oxygens (including phenoxy) is 1. The molecule has 1 heterocycles. The van der Waals surface area contributed by atoms with Gasteiger partial charge in [-0.3, -0.25) is 9.59 Å². The number of hydrogen-bond donors (Lipinski definition) is 0. The third-order valence-electron chi connectivity index (χ3n) is 7.75. The summed E-state index contributed by atoms with van der Waals surface area (Å²) in [5.41, 5.74) is 5.66. The van der Waals surface area contributed by atoms with Gasteiger partial charge in [0.1, 0.15) is 12.4 Å². The molecule has 0 fully saturated rings. The monoisotopic (exact) mass is 547 g/mol. The topological polar surface area (TPSA) is 46.6 Å². The molecule has 188 valence electrons. The van der Waals surface area contributed by atoms with Crippen molar-refractivity contribution >= 4 is 27.5 Å². The van der Waals surface area contributed by atoms with Gasteiger partial charge >= 0.3 is 0 Å². The molecule has 5 heteroatoms. The number of Topliss-reactive ketones (excluding diaryl/α,β-unsaturated/α-hetero) is 2. The number of rotatable bonds is 4. The average molecular weight is 549 g/mol. The first-order valence-corrected chi connectivity index (χ1v) is 13.5. The summed E-state index contributed by atoms with van der Waals surface area (Å²) in [6, 6.07) is 16.0. The molecule has 1 aliphatic heterocycles. The van der Waals surface area contributed by atoms with Crippen molar-refractivity contribution in [2.75, 3.05) is 7.05 Å². The number of ketones is 2. The molecule has 2 aromatic rings. The van der Waals surface area contributed by atoms with Gasteiger partial charge in [-0.1, -0.05) is 74.0 Å². The maximum atomic E-state index is 13.6. The Labute approximate surface area is 222 Å². The maximum Gasteiger partial charge on any atom is 0.162 e. The first kappa shape index (κ1) is 25.0. The van der Waals surface area contributed by atoms with Crippen molar-refractivity contribution in [1.29, 1.82) is 0 Å². The number of halogens is 1. The Morgan fingerprint density at radius 2 is 1.36 bits per heavy atom. The second-order valence-electron chi connectivity index (χ2n) is 12.0. The van der Waals surface area contributed by atoms with Crippen molar-refractivity contribution in [3.63, 3.8) is 0 Å². The van der Waals surface area contributed by atoms with Crippen LogP contribution in [0.1, 0.15) is 70.4 Å². The van der Waals surface area contributed by atoms with Crippen LogP contribution in [0.25, 0.3) is 0 Å². The Hall–Kier alpha value is -2.66. The Morgan fingerprint density at radius 1 is 0.833 bits per heavy atom. The third-order valence-corrected chi connectivity index (χ3v) is 8.52. The Kier molecular flexibility index (Phi) is 6.27. The van der Waals surface area contributed by atoms with E-state index >= 15 is 0 Å². The highest BCUT2D eigenvalue weighted by Gasteiger charge is 2.48. The summed E-state index contributed by atoms with van der Waals surface area (Å²) < 4.78 is 7.06. The van der Waals surface area contributed by atoms with Crippen LogP contribution in [0.2, 0.25) is 0 Å². The minimum atomic E-state index is -0.310. The summed E-state index contributed by atoms with van der Waals surface area (Å²) in [6.45, 7) is 9.10. The maximum absolute atomic E-state index is 13.6. The summed E-state index contributed by atoms with van der Waals surface area (Å²) in [6.07, 6.45) is 2.68. The fourth-order valence-corrected chi connectivity index (χ4v) is 6.43. The van der Waals surface area contributed by atoms with E-state index in [1.54, 1.807) is 0 Å². The lowest BCUT2D eigenvalue weighted by Crippen LogP contribution is -2.43. The van der Waals surface area contributed by atoms with Gasteiger partial charge in [-0.2, -0.15) is 0 Å². The van der Waals surface area contributed by atoms with Gasteiger partial charge in [0.05, 0.1) is 0 Å². The molecule has 0 amide bonds. The molecule has 36 heavy (non-hydrogen) atoms. The lowest BCUT2D eigenvalue weighted by Gasteiger charge is -2.47. The van der Waals surface area contributed by atoms with E-state index in [9.17, 15) is 9.59 Å². The van der Waals surface area contributed by atoms with Crippen LogP contribution in [-0.4, -0.2) is 23.5 Å². The molecule has 2 aliphatic carbocycles. The normalized spacial score (nSPS) is 21.4. The number of nitrogens with zero attached hydrogens (tertiary/aromatic N) is 1. The molecule has 0 atom stereocenters. The van der Waals surface area contributed by atoms with Crippen LogP contribution in [0.3, 0.4) is 0 Å². The fourth-order valence-electron chi connectivity index (χ4n) is 6.03. The molecule has 0 radical (unpaired) electrons. The first-order valence-electron chi connectivity index (χ1n) is 12.7. The Balaban J connectivity index is 1.53. The second-order valence-corrected chi connectivity index (χ2v) is 12.9. The number of benzene rings is 2. The van der Waals surface area contributed by atoms with Crippen LogP contribution in [0.4, 0.5) is 0 Å². The zero-order chi connectivity index (χ0) is 25.8. The molecular formula is C31H34BrNO3. The molecule has 0 unspecified atom stereocenters. The van der Waals surface area contributed by atoms with Crippen molar-refractivity contribution in [3.05, 3.63) is 86.7 Å². The van der Waals surface area contributed by atoms with E-state index in [0.717, 1.165) is 56.7 Å². The standard InChI is InChI=1S/C31H34BrNO3/c1-30(2)14-23-28(25(34)16-30)27(29-24(33(23)5)15-31(3,4)17-26(29)35)19-10-12-21(13-11-19)36-18-20-8-6-7-9-22(20)32/h6-13,27H,14-18H2,1-5H3. The molecule has 0 aromatic heterocycles. The molecule has 3 aliphatic rings. The van der Waals surface area contributed by atoms with Gasteiger partial charge in [0.2, 0.25) is 0 Å². The molecule has 2 aromatic carbocycles. The predicted octanol–water partition coefficient (Wildman–Crippen LogP) is 7.34. The highest BCUT2D eigenvalue weighted by Crippen LogP contribution is 2.53. The van der Waals surface area contributed by atoms with E-state index in [4.69, 9.17) is 4.74 Å². The lowest BCUT2D eigenvalue weighted by atomic mass is 9.64. The molecule has 0 N–H and O–H groups in total. The van der Waals surface area contributed by atoms with Crippen molar-refractivity contribution in [2.45, 2.75) is 65.9 Å². The first-order chi connectivity index (χ1) is 17.0. The summed E-state index contributed by atoms with van der Waals surface area (Å²) >= 11 is 3.57. The molecule has 5 rings (SSSR count). The van der Waals surface area contributed by atoms with Crippen molar-refractivity contribution in [3.8, 4) is 5.75 Å². The van der Waals surface area contributed by atoms with E-state index in [1.165, 1.54) is 0 Å². The van der Waals surface area contributed by atoms with Gasteiger partial charge in [0.25, 0.3) is 0 Å². The second kappa shape index (κ2) is 9.02. The van der Waals surface area contributed by atoms with Gasteiger partial charge in [-0.25, -0.2) is 0 Å². The van der Waals surface area contributed by atoms with E-state index in [1.807, 2.05) is 55.6 Å². The SMILES string of the molecule is CN1C2=C(C(=O)CC(C)(C)C2)C(c2ccc(OCc3ccccc3Br)cc2)C2=C1CC(C)(C)CC2=O. The molecule has 0 spiro atoms. The van der Waals surface area contributed by atoms with Crippen molar-refractivity contribution in [1.82, 2.24) is 4.90 Å². The number of carbonyl (C=O) groups is 2. The van der Waals surface area contributed by atoms with Crippen LogP contribution in [-0.2, 0) is 16.2 Å².